The monoisotopic (exact) mass is 257 g/mol. The highest BCUT2D eigenvalue weighted by atomic mass is 16.5. The Kier molecular flexibility index (Phi) is 7.87. The zero-order chi connectivity index (χ0) is 13.4. The van der Waals surface area contributed by atoms with E-state index in [1.54, 1.807) is 0 Å². The van der Waals surface area contributed by atoms with Crippen LogP contribution in [0.25, 0.3) is 0 Å². The maximum absolute atomic E-state index is 9.82. The minimum absolute atomic E-state index is 0.366. The molecule has 0 saturated heterocycles. The minimum atomic E-state index is -0.366. The van der Waals surface area contributed by atoms with E-state index in [0.717, 1.165) is 37.6 Å². The second kappa shape index (κ2) is 8.89. The van der Waals surface area contributed by atoms with E-state index >= 15 is 0 Å². The SMILES string of the molecule is CC(C)CCNCC(O)COC1CCCC(C)C1. The molecule has 1 saturated carbocycles. The average Bonchev–Trinajstić information content (AvgIpc) is 2.32. The summed E-state index contributed by atoms with van der Waals surface area (Å²) in [7, 11) is 0. The van der Waals surface area contributed by atoms with Crippen LogP contribution in [-0.4, -0.2) is 37.0 Å². The van der Waals surface area contributed by atoms with Crippen LogP contribution >= 0.6 is 0 Å². The molecule has 1 aliphatic rings. The molecule has 3 heteroatoms. The standard InChI is InChI=1S/C15H31NO2/c1-12(2)7-8-16-10-14(17)11-18-15-6-4-5-13(3)9-15/h12-17H,4-11H2,1-3H3. The first-order valence-electron chi connectivity index (χ1n) is 7.58. The smallest absolute Gasteiger partial charge is 0.0897 e. The first-order chi connectivity index (χ1) is 8.58. The molecule has 108 valence electrons. The quantitative estimate of drug-likeness (QED) is 0.657. The Balaban J connectivity index is 2.00. The Labute approximate surface area is 112 Å². The molecule has 0 aromatic heterocycles. The molecule has 18 heavy (non-hydrogen) atoms. The second-order valence-electron chi connectivity index (χ2n) is 6.27. The molecule has 0 aromatic rings. The Morgan fingerprint density at radius 1 is 1.33 bits per heavy atom. The molecular weight excluding hydrogens is 226 g/mol. The Hall–Kier alpha value is -0.120. The fraction of sp³-hybridized carbons (Fsp3) is 1.00. The van der Waals surface area contributed by atoms with E-state index in [9.17, 15) is 5.11 Å². The normalized spacial score (nSPS) is 26.5. The van der Waals surface area contributed by atoms with Crippen molar-refractivity contribution in [3.8, 4) is 0 Å². The number of ether oxygens (including phenoxy) is 1. The molecule has 3 unspecified atom stereocenters. The topological polar surface area (TPSA) is 41.5 Å². The first-order valence-corrected chi connectivity index (χ1v) is 7.58. The van der Waals surface area contributed by atoms with E-state index in [-0.39, 0.29) is 6.10 Å². The van der Waals surface area contributed by atoms with Crippen LogP contribution < -0.4 is 5.32 Å². The van der Waals surface area contributed by atoms with Crippen molar-refractivity contribution >= 4 is 0 Å². The molecule has 0 aliphatic heterocycles. The van der Waals surface area contributed by atoms with E-state index in [2.05, 4.69) is 26.1 Å². The van der Waals surface area contributed by atoms with Crippen molar-refractivity contribution in [2.45, 2.75) is 65.1 Å². The fourth-order valence-corrected chi connectivity index (χ4v) is 2.50. The van der Waals surface area contributed by atoms with E-state index in [0.29, 0.717) is 19.3 Å². The lowest BCUT2D eigenvalue weighted by Gasteiger charge is -2.27. The molecule has 3 atom stereocenters. The maximum Gasteiger partial charge on any atom is 0.0897 e. The summed E-state index contributed by atoms with van der Waals surface area (Å²) in [5, 5.41) is 13.1. The van der Waals surface area contributed by atoms with Crippen LogP contribution in [-0.2, 0) is 4.74 Å². The van der Waals surface area contributed by atoms with Crippen molar-refractivity contribution in [3.05, 3.63) is 0 Å². The largest absolute Gasteiger partial charge is 0.389 e. The molecule has 0 amide bonds. The third kappa shape index (κ3) is 7.34. The number of nitrogens with one attached hydrogen (secondary N) is 1. The van der Waals surface area contributed by atoms with Crippen LogP contribution in [0.2, 0.25) is 0 Å². The first kappa shape index (κ1) is 15.9. The lowest BCUT2D eigenvalue weighted by Crippen LogP contribution is -2.33. The number of aliphatic hydroxyl groups is 1. The van der Waals surface area contributed by atoms with E-state index in [1.165, 1.54) is 12.8 Å². The van der Waals surface area contributed by atoms with Crippen molar-refractivity contribution in [1.82, 2.24) is 5.32 Å². The van der Waals surface area contributed by atoms with Crippen LogP contribution in [0.5, 0.6) is 0 Å². The molecule has 0 heterocycles. The predicted molar refractivity (Wildman–Crippen MR) is 75.7 cm³/mol. The second-order valence-corrected chi connectivity index (χ2v) is 6.27. The Bertz CT molecular complexity index is 209. The summed E-state index contributed by atoms with van der Waals surface area (Å²) in [6.07, 6.45) is 6.10. The van der Waals surface area contributed by atoms with E-state index in [4.69, 9.17) is 4.74 Å². The number of hydrogen-bond acceptors (Lipinski definition) is 3. The summed E-state index contributed by atoms with van der Waals surface area (Å²) in [5.41, 5.74) is 0. The lowest BCUT2D eigenvalue weighted by atomic mass is 9.89. The van der Waals surface area contributed by atoms with Crippen LogP contribution in [0.4, 0.5) is 0 Å². The van der Waals surface area contributed by atoms with Crippen molar-refractivity contribution in [2.24, 2.45) is 11.8 Å². The van der Waals surface area contributed by atoms with Crippen LogP contribution in [0.1, 0.15) is 52.9 Å². The van der Waals surface area contributed by atoms with Crippen LogP contribution in [0.15, 0.2) is 0 Å². The summed E-state index contributed by atoms with van der Waals surface area (Å²) < 4.78 is 5.80. The molecule has 1 aliphatic carbocycles. The van der Waals surface area contributed by atoms with Gasteiger partial charge in [0.05, 0.1) is 18.8 Å². The molecule has 0 spiro atoms. The number of hydrogen-bond donors (Lipinski definition) is 2. The maximum atomic E-state index is 9.82. The van der Waals surface area contributed by atoms with E-state index in [1.807, 2.05) is 0 Å². The Morgan fingerprint density at radius 2 is 2.11 bits per heavy atom. The van der Waals surface area contributed by atoms with Gasteiger partial charge in [0.25, 0.3) is 0 Å². The van der Waals surface area contributed by atoms with Gasteiger partial charge in [-0.1, -0.05) is 33.6 Å². The van der Waals surface area contributed by atoms with Gasteiger partial charge in [0, 0.05) is 6.54 Å². The molecule has 0 bridgehead atoms. The van der Waals surface area contributed by atoms with E-state index < -0.39 is 0 Å². The van der Waals surface area contributed by atoms with Gasteiger partial charge in [0.1, 0.15) is 0 Å². The van der Waals surface area contributed by atoms with Gasteiger partial charge in [-0.25, -0.2) is 0 Å². The Morgan fingerprint density at radius 3 is 2.78 bits per heavy atom. The third-order valence-corrected chi connectivity index (χ3v) is 3.69. The average molecular weight is 257 g/mol. The molecule has 3 nitrogen and oxygen atoms in total. The summed E-state index contributed by atoms with van der Waals surface area (Å²) in [4.78, 5) is 0. The van der Waals surface area contributed by atoms with Gasteiger partial charge in [-0.3, -0.25) is 0 Å². The van der Waals surface area contributed by atoms with Crippen molar-refractivity contribution in [2.75, 3.05) is 19.7 Å². The van der Waals surface area contributed by atoms with Crippen LogP contribution in [0.3, 0.4) is 0 Å². The van der Waals surface area contributed by atoms with Crippen molar-refractivity contribution in [3.63, 3.8) is 0 Å². The van der Waals surface area contributed by atoms with Crippen LogP contribution in [0, 0.1) is 11.8 Å². The number of aliphatic hydroxyl groups excluding tert-OH is 1. The minimum Gasteiger partial charge on any atom is -0.389 e. The summed E-state index contributed by atoms with van der Waals surface area (Å²) in [6, 6.07) is 0. The summed E-state index contributed by atoms with van der Waals surface area (Å²) in [5.74, 6) is 1.50. The van der Waals surface area contributed by atoms with Crippen molar-refractivity contribution in [1.29, 1.82) is 0 Å². The van der Waals surface area contributed by atoms with Gasteiger partial charge >= 0.3 is 0 Å². The molecule has 1 fully saturated rings. The van der Waals surface area contributed by atoms with Gasteiger partial charge in [0.2, 0.25) is 0 Å². The van der Waals surface area contributed by atoms with Gasteiger partial charge in [0.15, 0.2) is 0 Å². The predicted octanol–water partition coefficient (Wildman–Crippen LogP) is 2.58. The van der Waals surface area contributed by atoms with Gasteiger partial charge in [-0.05, 0) is 37.6 Å². The molecule has 0 aromatic carbocycles. The van der Waals surface area contributed by atoms with Gasteiger partial charge in [-0.2, -0.15) is 0 Å². The summed E-state index contributed by atoms with van der Waals surface area (Å²) >= 11 is 0. The molecule has 0 radical (unpaired) electrons. The molecule has 2 N–H and O–H groups in total. The molecule has 1 rings (SSSR count). The highest BCUT2D eigenvalue weighted by Crippen LogP contribution is 2.25. The highest BCUT2D eigenvalue weighted by Gasteiger charge is 2.20. The summed E-state index contributed by atoms with van der Waals surface area (Å²) in [6.45, 7) is 8.83. The highest BCUT2D eigenvalue weighted by molar-refractivity contribution is 4.71. The molecular formula is C15H31NO2. The lowest BCUT2D eigenvalue weighted by molar-refractivity contribution is -0.0305. The van der Waals surface area contributed by atoms with Gasteiger partial charge < -0.3 is 15.2 Å². The third-order valence-electron chi connectivity index (χ3n) is 3.69. The zero-order valence-electron chi connectivity index (χ0n) is 12.3. The van der Waals surface area contributed by atoms with Gasteiger partial charge in [-0.15, -0.1) is 0 Å². The zero-order valence-corrected chi connectivity index (χ0v) is 12.3. The van der Waals surface area contributed by atoms with Crippen molar-refractivity contribution < 1.29 is 9.84 Å². The number of rotatable bonds is 8. The fourth-order valence-electron chi connectivity index (χ4n) is 2.50.